The van der Waals surface area contributed by atoms with Crippen LogP contribution in [0.1, 0.15) is 51.4 Å². The first-order valence-electron chi connectivity index (χ1n) is 10.9. The Labute approximate surface area is 145 Å². The lowest BCUT2D eigenvalue weighted by Gasteiger charge is -2.93. The Morgan fingerprint density at radius 2 is 1.43 bits per heavy atom. The van der Waals surface area contributed by atoms with Crippen molar-refractivity contribution in [3.63, 3.8) is 0 Å². The summed E-state index contributed by atoms with van der Waals surface area (Å²) in [6.07, 6.45) is 13.2. The lowest BCUT2D eigenvalue weighted by atomic mass is 9.13. The van der Waals surface area contributed by atoms with Gasteiger partial charge in [0, 0.05) is 4.75 Å². The molecule has 0 aromatic heterocycles. The SMILES string of the molecule is SC12C3CC4CC5C3CC36CC7CC8C(CC1(C4)C5C83)C(C7)C62. The predicted octanol–water partition coefficient (Wildman–Crippen LogP) is 4.65. The first-order valence-corrected chi connectivity index (χ1v) is 11.3. The molecule has 2 spiro atoms. The van der Waals surface area contributed by atoms with E-state index in [0.29, 0.717) is 4.75 Å². The maximum absolute atomic E-state index is 5.85. The zero-order chi connectivity index (χ0) is 14.5. The van der Waals surface area contributed by atoms with Gasteiger partial charge in [-0.1, -0.05) is 0 Å². The molecule has 0 aromatic rings. The molecule has 0 heterocycles. The van der Waals surface area contributed by atoms with Gasteiger partial charge in [0.25, 0.3) is 0 Å². The fraction of sp³-hybridized carbons (Fsp3) is 1.00. The Hall–Kier alpha value is 0.350. The minimum absolute atomic E-state index is 0.513. The second-order valence-corrected chi connectivity index (χ2v) is 12.9. The molecule has 13 rings (SSSR count). The molecule has 0 nitrogen and oxygen atoms in total. The normalized spacial score (nSPS) is 85.2. The van der Waals surface area contributed by atoms with E-state index in [4.69, 9.17) is 12.6 Å². The highest BCUT2D eigenvalue weighted by atomic mass is 32.1. The second-order valence-electron chi connectivity index (χ2n) is 12.2. The molecule has 1 heteroatoms. The monoisotopic (exact) mass is 324 g/mol. The summed E-state index contributed by atoms with van der Waals surface area (Å²) in [5.74, 6) is 12.5. The highest BCUT2D eigenvalue weighted by Crippen LogP contribution is 2.94. The van der Waals surface area contributed by atoms with E-state index in [2.05, 4.69) is 0 Å². The molecule has 0 saturated heterocycles. The topological polar surface area (TPSA) is 0 Å². The van der Waals surface area contributed by atoms with Crippen molar-refractivity contribution in [2.24, 2.45) is 75.9 Å². The summed E-state index contributed by atoms with van der Waals surface area (Å²) in [6.45, 7) is 0. The van der Waals surface area contributed by atoms with Crippen molar-refractivity contribution in [2.75, 3.05) is 0 Å². The summed E-state index contributed by atoms with van der Waals surface area (Å²) in [7, 11) is 0. The number of thiol groups is 1. The Morgan fingerprint density at radius 1 is 0.652 bits per heavy atom. The van der Waals surface area contributed by atoms with Crippen molar-refractivity contribution in [1.29, 1.82) is 0 Å². The molecule has 122 valence electrons. The highest BCUT2D eigenvalue weighted by Gasteiger charge is 2.90. The predicted molar refractivity (Wildman–Crippen MR) is 91.9 cm³/mol. The van der Waals surface area contributed by atoms with Crippen LogP contribution in [0.15, 0.2) is 0 Å². The van der Waals surface area contributed by atoms with Gasteiger partial charge >= 0.3 is 0 Å². The molecule has 13 fully saturated rings. The van der Waals surface area contributed by atoms with Gasteiger partial charge in [0.1, 0.15) is 0 Å². The summed E-state index contributed by atoms with van der Waals surface area (Å²) < 4.78 is 0.513. The second kappa shape index (κ2) is 2.89. The molecule has 14 atom stereocenters. The Balaban J connectivity index is 1.45. The van der Waals surface area contributed by atoms with Crippen LogP contribution in [-0.4, -0.2) is 4.75 Å². The van der Waals surface area contributed by atoms with E-state index in [0.717, 1.165) is 52.3 Å². The molecule has 14 bridgehead atoms. The van der Waals surface area contributed by atoms with E-state index in [9.17, 15) is 0 Å². The van der Waals surface area contributed by atoms with Crippen molar-refractivity contribution < 1.29 is 0 Å². The van der Waals surface area contributed by atoms with Gasteiger partial charge in [-0.3, -0.25) is 0 Å². The average molecular weight is 325 g/mol. The van der Waals surface area contributed by atoms with Gasteiger partial charge in [0.2, 0.25) is 0 Å². The van der Waals surface area contributed by atoms with Gasteiger partial charge in [-0.25, -0.2) is 0 Å². The van der Waals surface area contributed by atoms with Gasteiger partial charge in [-0.2, -0.15) is 12.6 Å². The third-order valence-corrected chi connectivity index (χ3v) is 13.7. The van der Waals surface area contributed by atoms with Crippen LogP contribution in [0.3, 0.4) is 0 Å². The molecule has 0 radical (unpaired) electrons. The zero-order valence-electron chi connectivity index (χ0n) is 14.0. The molecule has 0 aromatic carbocycles. The Bertz CT molecular complexity index is 700. The molecule has 0 aliphatic heterocycles. The fourth-order valence-electron chi connectivity index (χ4n) is 13.5. The summed E-state index contributed by atoms with van der Waals surface area (Å²) in [5, 5.41) is 0. The first kappa shape index (κ1) is 11.9. The van der Waals surface area contributed by atoms with Crippen molar-refractivity contribution in [3.8, 4) is 0 Å². The molecule has 23 heavy (non-hydrogen) atoms. The maximum atomic E-state index is 5.85. The van der Waals surface area contributed by atoms with E-state index in [1.165, 1.54) is 23.7 Å². The van der Waals surface area contributed by atoms with Gasteiger partial charge in [0.15, 0.2) is 0 Å². The number of rotatable bonds is 0. The van der Waals surface area contributed by atoms with Crippen LogP contribution in [0.5, 0.6) is 0 Å². The number of hydrogen-bond acceptors (Lipinski definition) is 1. The molecule has 13 aliphatic carbocycles. The average Bonchev–Trinajstić information content (AvgIpc) is 2.53. The minimum Gasteiger partial charge on any atom is -0.171 e. The van der Waals surface area contributed by atoms with E-state index in [1.54, 1.807) is 51.4 Å². The largest absolute Gasteiger partial charge is 0.171 e. The first-order chi connectivity index (χ1) is 11.2. The fourth-order valence-corrected chi connectivity index (χ4v) is 14.6. The zero-order valence-corrected chi connectivity index (χ0v) is 14.8. The van der Waals surface area contributed by atoms with Gasteiger partial charge < -0.3 is 0 Å². The third-order valence-electron chi connectivity index (χ3n) is 12.6. The number of hydrogen-bond donors (Lipinski definition) is 1. The van der Waals surface area contributed by atoms with E-state index in [1.807, 2.05) is 0 Å². The lowest BCUT2D eigenvalue weighted by molar-refractivity contribution is -0.418. The van der Waals surface area contributed by atoms with Crippen LogP contribution in [0, 0.1) is 75.9 Å². The van der Waals surface area contributed by atoms with E-state index in [-0.39, 0.29) is 0 Å². The van der Waals surface area contributed by atoms with Crippen molar-refractivity contribution >= 4 is 12.6 Å². The molecular weight excluding hydrogens is 296 g/mol. The van der Waals surface area contributed by atoms with Crippen LogP contribution in [0.25, 0.3) is 0 Å². The van der Waals surface area contributed by atoms with Crippen molar-refractivity contribution in [3.05, 3.63) is 0 Å². The Morgan fingerprint density at radius 3 is 2.35 bits per heavy atom. The maximum Gasteiger partial charge on any atom is 0.0256 e. The summed E-state index contributed by atoms with van der Waals surface area (Å²) in [4.78, 5) is 0. The van der Waals surface area contributed by atoms with E-state index < -0.39 is 0 Å². The van der Waals surface area contributed by atoms with Crippen LogP contribution in [0.2, 0.25) is 0 Å². The molecule has 13 saturated carbocycles. The minimum atomic E-state index is 0.513. The molecular formula is C22H28S. The Kier molecular flexibility index (Phi) is 1.49. The van der Waals surface area contributed by atoms with Crippen molar-refractivity contribution in [1.82, 2.24) is 0 Å². The quantitative estimate of drug-likeness (QED) is 0.616. The van der Waals surface area contributed by atoms with Gasteiger partial charge in [-0.05, 0) is 127 Å². The van der Waals surface area contributed by atoms with Gasteiger partial charge in [0.05, 0.1) is 0 Å². The smallest absolute Gasteiger partial charge is 0.0256 e. The standard InChI is InChI=1S/C22H28S/c23-22-16-4-10-2-12-15(16)7-20-5-9-1-11-14(13(3-9)19(20)22)8-21(22,6-10)18(12)17(11)20/h9-19,23H,1-8H2. The molecule has 0 N–H and O–H groups in total. The van der Waals surface area contributed by atoms with E-state index >= 15 is 0 Å². The molecule has 0 amide bonds. The summed E-state index contributed by atoms with van der Waals surface area (Å²) >= 11 is 5.85. The van der Waals surface area contributed by atoms with Crippen LogP contribution in [-0.2, 0) is 0 Å². The van der Waals surface area contributed by atoms with Crippen molar-refractivity contribution in [2.45, 2.75) is 56.1 Å². The van der Waals surface area contributed by atoms with Crippen LogP contribution < -0.4 is 0 Å². The van der Waals surface area contributed by atoms with Crippen LogP contribution >= 0.6 is 12.6 Å². The summed E-state index contributed by atoms with van der Waals surface area (Å²) in [6, 6.07) is 0. The molecule has 14 unspecified atom stereocenters. The summed E-state index contributed by atoms with van der Waals surface area (Å²) in [5.41, 5.74) is 1.56. The van der Waals surface area contributed by atoms with Gasteiger partial charge in [-0.15, -0.1) is 0 Å². The molecule has 13 aliphatic rings. The lowest BCUT2D eigenvalue weighted by Crippen LogP contribution is -2.90. The highest BCUT2D eigenvalue weighted by molar-refractivity contribution is 7.82. The third kappa shape index (κ3) is 0.803. The van der Waals surface area contributed by atoms with Crippen LogP contribution in [0.4, 0.5) is 0 Å².